The molecule has 0 radical (unpaired) electrons. The Morgan fingerprint density at radius 2 is 1.86 bits per heavy atom. The molecule has 8 heteroatoms. The van der Waals surface area contributed by atoms with E-state index in [1.165, 1.54) is 26.0 Å². The molecule has 0 atom stereocenters. The number of alkyl halides is 3. The van der Waals surface area contributed by atoms with E-state index in [0.717, 1.165) is 0 Å². The van der Waals surface area contributed by atoms with E-state index in [-0.39, 0.29) is 11.4 Å². The molecule has 0 saturated carbocycles. The lowest BCUT2D eigenvalue weighted by molar-refractivity contribution is -0.138. The maximum absolute atomic E-state index is 12.6. The highest BCUT2D eigenvalue weighted by atomic mass is 32.2. The number of rotatable bonds is 5. The van der Waals surface area contributed by atoms with Gasteiger partial charge in [0.1, 0.15) is 6.54 Å². The van der Waals surface area contributed by atoms with E-state index >= 15 is 0 Å². The van der Waals surface area contributed by atoms with Crippen LogP contribution in [0.1, 0.15) is 25.0 Å². The molecule has 0 aliphatic rings. The molecule has 1 aromatic carbocycles. The summed E-state index contributed by atoms with van der Waals surface area (Å²) < 4.78 is 63.4. The number of nitrogens with two attached hydrogens (primary N) is 1. The van der Waals surface area contributed by atoms with Crippen LogP contribution in [-0.4, -0.2) is 31.5 Å². The van der Waals surface area contributed by atoms with Crippen molar-refractivity contribution >= 4 is 10.0 Å². The van der Waals surface area contributed by atoms with Gasteiger partial charge in [-0.25, -0.2) is 8.42 Å². The van der Waals surface area contributed by atoms with Crippen molar-refractivity contribution in [2.24, 2.45) is 5.73 Å². The lowest BCUT2D eigenvalue weighted by Crippen LogP contribution is -2.43. The molecular formula is C13H19F3N2O2S. The molecular weight excluding hydrogens is 305 g/mol. The first-order valence-corrected chi connectivity index (χ1v) is 7.82. The van der Waals surface area contributed by atoms with Gasteiger partial charge in [-0.3, -0.25) is 0 Å². The molecule has 0 aromatic heterocycles. The Morgan fingerprint density at radius 1 is 1.29 bits per heavy atom. The second-order valence-corrected chi connectivity index (χ2v) is 6.86. The third kappa shape index (κ3) is 4.18. The van der Waals surface area contributed by atoms with Gasteiger partial charge in [0.15, 0.2) is 0 Å². The SMILES string of the molecule is Cc1c(CN)cccc1S(=O)(=O)N(CC(F)(F)F)C(C)C. The molecule has 0 fully saturated rings. The molecule has 120 valence electrons. The fourth-order valence-electron chi connectivity index (χ4n) is 2.01. The van der Waals surface area contributed by atoms with Gasteiger partial charge < -0.3 is 5.73 Å². The van der Waals surface area contributed by atoms with Crippen molar-refractivity contribution in [2.75, 3.05) is 6.54 Å². The predicted molar refractivity (Wildman–Crippen MR) is 74.2 cm³/mol. The van der Waals surface area contributed by atoms with Crippen molar-refractivity contribution in [1.82, 2.24) is 4.31 Å². The average Bonchev–Trinajstić information content (AvgIpc) is 2.34. The smallest absolute Gasteiger partial charge is 0.326 e. The number of hydrogen-bond acceptors (Lipinski definition) is 3. The van der Waals surface area contributed by atoms with E-state index in [4.69, 9.17) is 5.73 Å². The fourth-order valence-corrected chi connectivity index (χ4v) is 3.90. The van der Waals surface area contributed by atoms with Crippen LogP contribution in [0.2, 0.25) is 0 Å². The molecule has 0 aliphatic heterocycles. The van der Waals surface area contributed by atoms with Crippen LogP contribution < -0.4 is 5.73 Å². The van der Waals surface area contributed by atoms with Gasteiger partial charge >= 0.3 is 6.18 Å². The Kier molecular flexibility index (Phi) is 5.40. The summed E-state index contributed by atoms with van der Waals surface area (Å²) in [4.78, 5) is -0.136. The van der Waals surface area contributed by atoms with Crippen LogP contribution in [0, 0.1) is 6.92 Å². The van der Waals surface area contributed by atoms with Crippen LogP contribution in [0.3, 0.4) is 0 Å². The van der Waals surface area contributed by atoms with Crippen LogP contribution in [-0.2, 0) is 16.6 Å². The van der Waals surface area contributed by atoms with Crippen LogP contribution in [0.5, 0.6) is 0 Å². The van der Waals surface area contributed by atoms with Crippen molar-refractivity contribution in [2.45, 2.75) is 44.4 Å². The van der Waals surface area contributed by atoms with E-state index in [1.807, 2.05) is 0 Å². The number of hydrogen-bond donors (Lipinski definition) is 1. The zero-order valence-corrected chi connectivity index (χ0v) is 12.9. The van der Waals surface area contributed by atoms with Gasteiger partial charge in [0.25, 0.3) is 0 Å². The highest BCUT2D eigenvalue weighted by Crippen LogP contribution is 2.27. The Labute approximate surface area is 122 Å². The fraction of sp³-hybridized carbons (Fsp3) is 0.538. The van der Waals surface area contributed by atoms with Crippen LogP contribution in [0.15, 0.2) is 23.1 Å². The van der Waals surface area contributed by atoms with E-state index in [0.29, 0.717) is 15.4 Å². The quantitative estimate of drug-likeness (QED) is 0.905. The molecule has 0 amide bonds. The number of halogens is 3. The lowest BCUT2D eigenvalue weighted by Gasteiger charge is -2.27. The molecule has 0 heterocycles. The maximum Gasteiger partial charge on any atom is 0.402 e. The first-order valence-electron chi connectivity index (χ1n) is 6.38. The van der Waals surface area contributed by atoms with Crippen molar-refractivity contribution < 1.29 is 21.6 Å². The minimum absolute atomic E-state index is 0.121. The maximum atomic E-state index is 12.6. The highest BCUT2D eigenvalue weighted by Gasteiger charge is 2.39. The first kappa shape index (κ1) is 17.9. The summed E-state index contributed by atoms with van der Waals surface area (Å²) in [6, 6.07) is 3.62. The van der Waals surface area contributed by atoms with Gasteiger partial charge in [0.05, 0.1) is 4.90 Å². The molecule has 1 rings (SSSR count). The van der Waals surface area contributed by atoms with Crippen molar-refractivity contribution in [3.8, 4) is 0 Å². The van der Waals surface area contributed by atoms with Crippen LogP contribution in [0.25, 0.3) is 0 Å². The van der Waals surface area contributed by atoms with E-state index in [2.05, 4.69) is 0 Å². The molecule has 0 bridgehead atoms. The summed E-state index contributed by atoms with van der Waals surface area (Å²) >= 11 is 0. The third-order valence-electron chi connectivity index (χ3n) is 3.11. The number of nitrogens with zero attached hydrogens (tertiary/aromatic N) is 1. The van der Waals surface area contributed by atoms with Crippen LogP contribution in [0.4, 0.5) is 13.2 Å². The minimum Gasteiger partial charge on any atom is -0.326 e. The normalized spacial score (nSPS) is 13.2. The van der Waals surface area contributed by atoms with Gasteiger partial charge in [-0.1, -0.05) is 12.1 Å². The number of benzene rings is 1. The summed E-state index contributed by atoms with van der Waals surface area (Å²) in [5, 5.41) is 0. The van der Waals surface area contributed by atoms with Crippen molar-refractivity contribution in [3.63, 3.8) is 0 Å². The minimum atomic E-state index is -4.60. The van der Waals surface area contributed by atoms with Gasteiger partial charge in [0, 0.05) is 12.6 Å². The van der Waals surface area contributed by atoms with Gasteiger partial charge in [0.2, 0.25) is 10.0 Å². The van der Waals surface area contributed by atoms with E-state index < -0.39 is 28.8 Å². The average molecular weight is 324 g/mol. The molecule has 0 unspecified atom stereocenters. The zero-order valence-electron chi connectivity index (χ0n) is 12.1. The molecule has 0 spiro atoms. The molecule has 0 aliphatic carbocycles. The molecule has 0 saturated heterocycles. The Bertz CT molecular complexity index is 598. The molecule has 21 heavy (non-hydrogen) atoms. The summed E-state index contributed by atoms with van der Waals surface area (Å²) in [6.45, 7) is 2.97. The number of sulfonamides is 1. The Morgan fingerprint density at radius 3 is 2.29 bits per heavy atom. The van der Waals surface area contributed by atoms with Crippen LogP contribution >= 0.6 is 0 Å². The summed E-state index contributed by atoms with van der Waals surface area (Å²) in [7, 11) is -4.24. The Hall–Kier alpha value is -1.12. The van der Waals surface area contributed by atoms with E-state index in [1.54, 1.807) is 13.0 Å². The Balaban J connectivity index is 3.37. The third-order valence-corrected chi connectivity index (χ3v) is 5.28. The monoisotopic (exact) mass is 324 g/mol. The molecule has 2 N–H and O–H groups in total. The second-order valence-electron chi connectivity index (χ2n) is 5.00. The topological polar surface area (TPSA) is 63.4 Å². The lowest BCUT2D eigenvalue weighted by atomic mass is 10.1. The highest BCUT2D eigenvalue weighted by molar-refractivity contribution is 7.89. The summed E-state index contributed by atoms with van der Waals surface area (Å²) in [5.74, 6) is 0. The van der Waals surface area contributed by atoms with Crippen molar-refractivity contribution in [1.29, 1.82) is 0 Å². The summed E-state index contributed by atoms with van der Waals surface area (Å²) in [6.07, 6.45) is -4.60. The largest absolute Gasteiger partial charge is 0.402 e. The van der Waals surface area contributed by atoms with Gasteiger partial charge in [-0.15, -0.1) is 0 Å². The summed E-state index contributed by atoms with van der Waals surface area (Å²) in [5.41, 5.74) is 6.48. The van der Waals surface area contributed by atoms with E-state index in [9.17, 15) is 21.6 Å². The van der Waals surface area contributed by atoms with Gasteiger partial charge in [-0.2, -0.15) is 17.5 Å². The standard InChI is InChI=1S/C13H19F3N2O2S/c1-9(2)18(8-13(14,15)16)21(19,20)12-6-4-5-11(7-17)10(12)3/h4-6,9H,7-8,17H2,1-3H3. The first-order chi connectivity index (χ1) is 9.50. The zero-order chi connectivity index (χ0) is 16.4. The second kappa shape index (κ2) is 6.33. The molecule has 1 aromatic rings. The van der Waals surface area contributed by atoms with Gasteiger partial charge in [-0.05, 0) is 38.0 Å². The van der Waals surface area contributed by atoms with Crippen molar-refractivity contribution in [3.05, 3.63) is 29.3 Å². The molecule has 4 nitrogen and oxygen atoms in total. The predicted octanol–water partition coefficient (Wildman–Crippen LogP) is 2.42.